The van der Waals surface area contributed by atoms with E-state index in [-0.39, 0.29) is 0 Å². The van der Waals surface area contributed by atoms with E-state index in [1.54, 1.807) is 62.6 Å². The minimum Gasteiger partial charge on any atom is -0.497 e. The summed E-state index contributed by atoms with van der Waals surface area (Å²) in [6.07, 6.45) is -0.626. The summed E-state index contributed by atoms with van der Waals surface area (Å²) >= 11 is 0. The van der Waals surface area contributed by atoms with Gasteiger partial charge in [0.1, 0.15) is 11.5 Å². The van der Waals surface area contributed by atoms with Crippen LogP contribution in [0.15, 0.2) is 48.5 Å². The van der Waals surface area contributed by atoms with E-state index in [2.05, 4.69) is 5.32 Å². The number of carbonyl (C=O) groups excluding carboxylic acids is 2. The maximum absolute atomic E-state index is 11.8. The average molecular weight is 315 g/mol. The SMILES string of the molecule is CCOC(=O)c1ccc(NC(=O)Oc2ccc(OC)cc2)cc1. The van der Waals surface area contributed by atoms with Crippen molar-refractivity contribution in [3.05, 3.63) is 54.1 Å². The predicted molar refractivity (Wildman–Crippen MR) is 85.0 cm³/mol. The molecular formula is C17H17NO5. The number of esters is 1. The first-order valence-corrected chi connectivity index (χ1v) is 7.02. The molecule has 1 amide bonds. The highest BCUT2D eigenvalue weighted by Crippen LogP contribution is 2.18. The summed E-state index contributed by atoms with van der Waals surface area (Å²) in [6.45, 7) is 2.05. The zero-order valence-electron chi connectivity index (χ0n) is 12.9. The lowest BCUT2D eigenvalue weighted by Gasteiger charge is -2.08. The number of benzene rings is 2. The molecule has 0 aliphatic carbocycles. The molecule has 2 rings (SSSR count). The Kier molecular flexibility index (Phi) is 5.57. The summed E-state index contributed by atoms with van der Waals surface area (Å²) in [6, 6.07) is 13.0. The number of rotatable bonds is 5. The van der Waals surface area contributed by atoms with Crippen molar-refractivity contribution in [3.63, 3.8) is 0 Å². The van der Waals surface area contributed by atoms with E-state index in [0.717, 1.165) is 0 Å². The van der Waals surface area contributed by atoms with Crippen molar-refractivity contribution in [1.29, 1.82) is 0 Å². The van der Waals surface area contributed by atoms with Gasteiger partial charge in [-0.1, -0.05) is 0 Å². The highest BCUT2D eigenvalue weighted by molar-refractivity contribution is 5.91. The van der Waals surface area contributed by atoms with Crippen molar-refractivity contribution in [2.75, 3.05) is 19.0 Å². The largest absolute Gasteiger partial charge is 0.497 e. The molecule has 6 nitrogen and oxygen atoms in total. The van der Waals surface area contributed by atoms with Gasteiger partial charge in [-0.25, -0.2) is 9.59 Å². The first kappa shape index (κ1) is 16.4. The van der Waals surface area contributed by atoms with Crippen molar-refractivity contribution >= 4 is 17.7 Å². The number of methoxy groups -OCH3 is 1. The Hall–Kier alpha value is -3.02. The van der Waals surface area contributed by atoms with Gasteiger partial charge in [0.05, 0.1) is 19.3 Å². The fourth-order valence-electron chi connectivity index (χ4n) is 1.80. The second-order valence-corrected chi connectivity index (χ2v) is 4.49. The second-order valence-electron chi connectivity index (χ2n) is 4.49. The minimum absolute atomic E-state index is 0.313. The normalized spacial score (nSPS) is 9.83. The number of anilines is 1. The van der Waals surface area contributed by atoms with Crippen LogP contribution in [0.25, 0.3) is 0 Å². The zero-order valence-corrected chi connectivity index (χ0v) is 12.9. The van der Waals surface area contributed by atoms with E-state index in [1.807, 2.05) is 0 Å². The molecule has 0 spiro atoms. The molecule has 2 aromatic carbocycles. The van der Waals surface area contributed by atoms with Crippen LogP contribution in [-0.2, 0) is 4.74 Å². The molecule has 23 heavy (non-hydrogen) atoms. The first-order valence-electron chi connectivity index (χ1n) is 7.02. The molecule has 1 N–H and O–H groups in total. The molecule has 0 saturated heterocycles. The number of hydrogen-bond donors (Lipinski definition) is 1. The van der Waals surface area contributed by atoms with E-state index in [9.17, 15) is 9.59 Å². The summed E-state index contributed by atoms with van der Waals surface area (Å²) in [5.41, 5.74) is 0.928. The lowest BCUT2D eigenvalue weighted by atomic mass is 10.2. The van der Waals surface area contributed by atoms with Crippen LogP contribution in [0.1, 0.15) is 17.3 Å². The van der Waals surface area contributed by atoms with Gasteiger partial charge in [-0.15, -0.1) is 0 Å². The molecule has 0 fully saturated rings. The number of hydrogen-bond acceptors (Lipinski definition) is 5. The third-order valence-corrected chi connectivity index (χ3v) is 2.91. The van der Waals surface area contributed by atoms with E-state index < -0.39 is 12.1 Å². The van der Waals surface area contributed by atoms with Gasteiger partial charge < -0.3 is 14.2 Å². The molecule has 0 aromatic heterocycles. The van der Waals surface area contributed by atoms with Crippen LogP contribution in [0.5, 0.6) is 11.5 Å². The molecule has 0 atom stereocenters. The molecule has 0 bridgehead atoms. The number of carbonyl (C=O) groups is 2. The molecule has 120 valence electrons. The molecule has 0 unspecified atom stereocenters. The fraction of sp³-hybridized carbons (Fsp3) is 0.176. The van der Waals surface area contributed by atoms with Crippen molar-refractivity contribution in [1.82, 2.24) is 0 Å². The molecule has 0 heterocycles. The maximum Gasteiger partial charge on any atom is 0.417 e. The van der Waals surface area contributed by atoms with E-state index >= 15 is 0 Å². The van der Waals surface area contributed by atoms with E-state index in [4.69, 9.17) is 14.2 Å². The van der Waals surface area contributed by atoms with Gasteiger partial charge in [0, 0.05) is 5.69 Å². The highest BCUT2D eigenvalue weighted by atomic mass is 16.6. The Morgan fingerprint density at radius 2 is 1.57 bits per heavy atom. The standard InChI is InChI=1S/C17H17NO5/c1-3-22-16(19)12-4-6-13(7-5-12)18-17(20)23-15-10-8-14(21-2)9-11-15/h4-11H,3H2,1-2H3,(H,18,20). The molecule has 6 heteroatoms. The molecule has 0 aliphatic rings. The zero-order chi connectivity index (χ0) is 16.7. The van der Waals surface area contributed by atoms with Crippen molar-refractivity contribution in [2.45, 2.75) is 6.92 Å². The lowest BCUT2D eigenvalue weighted by Crippen LogP contribution is -2.16. The smallest absolute Gasteiger partial charge is 0.417 e. The van der Waals surface area contributed by atoms with Gasteiger partial charge in [0.2, 0.25) is 0 Å². The van der Waals surface area contributed by atoms with Crippen molar-refractivity contribution in [3.8, 4) is 11.5 Å². The Labute approximate surface area is 134 Å². The van der Waals surface area contributed by atoms with Crippen LogP contribution in [0.3, 0.4) is 0 Å². The minimum atomic E-state index is -0.626. The molecule has 0 saturated carbocycles. The summed E-state index contributed by atoms with van der Waals surface area (Å²) in [7, 11) is 1.56. The van der Waals surface area contributed by atoms with Crippen LogP contribution in [0, 0.1) is 0 Å². The topological polar surface area (TPSA) is 73.9 Å². The number of amides is 1. The van der Waals surface area contributed by atoms with Crippen LogP contribution in [0.4, 0.5) is 10.5 Å². The molecule has 0 aliphatic heterocycles. The third-order valence-electron chi connectivity index (χ3n) is 2.91. The van der Waals surface area contributed by atoms with Gasteiger partial charge in [0.15, 0.2) is 0 Å². The van der Waals surface area contributed by atoms with Crippen molar-refractivity contribution < 1.29 is 23.8 Å². The Bertz CT molecular complexity index is 664. The summed E-state index contributed by atoms with van der Waals surface area (Å²) in [5.74, 6) is 0.665. The van der Waals surface area contributed by atoms with Gasteiger partial charge in [-0.05, 0) is 55.5 Å². The Balaban J connectivity index is 1.93. The van der Waals surface area contributed by atoms with E-state index in [0.29, 0.717) is 29.4 Å². The fourth-order valence-corrected chi connectivity index (χ4v) is 1.80. The van der Waals surface area contributed by atoms with Gasteiger partial charge in [0.25, 0.3) is 0 Å². The number of nitrogens with one attached hydrogen (secondary N) is 1. The third kappa shape index (κ3) is 4.74. The average Bonchev–Trinajstić information content (AvgIpc) is 2.56. The van der Waals surface area contributed by atoms with Crippen LogP contribution < -0.4 is 14.8 Å². The molecular weight excluding hydrogens is 298 g/mol. The maximum atomic E-state index is 11.8. The Morgan fingerprint density at radius 3 is 2.13 bits per heavy atom. The predicted octanol–water partition coefficient (Wildman–Crippen LogP) is 3.48. The monoisotopic (exact) mass is 315 g/mol. The second kappa shape index (κ2) is 7.84. The first-order chi connectivity index (χ1) is 11.1. The highest BCUT2D eigenvalue weighted by Gasteiger charge is 2.08. The quantitative estimate of drug-likeness (QED) is 0.855. The van der Waals surface area contributed by atoms with Crippen LogP contribution in [-0.4, -0.2) is 25.8 Å². The number of ether oxygens (including phenoxy) is 3. The van der Waals surface area contributed by atoms with Gasteiger partial charge in [-0.2, -0.15) is 0 Å². The summed E-state index contributed by atoms with van der Waals surface area (Å²) in [5, 5.41) is 2.57. The van der Waals surface area contributed by atoms with Crippen molar-refractivity contribution in [2.24, 2.45) is 0 Å². The van der Waals surface area contributed by atoms with Crippen LogP contribution >= 0.6 is 0 Å². The molecule has 0 radical (unpaired) electrons. The van der Waals surface area contributed by atoms with Gasteiger partial charge >= 0.3 is 12.1 Å². The summed E-state index contributed by atoms with van der Waals surface area (Å²) < 4.78 is 15.0. The van der Waals surface area contributed by atoms with Gasteiger partial charge in [-0.3, -0.25) is 5.32 Å². The lowest BCUT2D eigenvalue weighted by molar-refractivity contribution is 0.0526. The Morgan fingerprint density at radius 1 is 0.957 bits per heavy atom. The molecule has 2 aromatic rings. The summed E-state index contributed by atoms with van der Waals surface area (Å²) in [4.78, 5) is 23.3. The van der Waals surface area contributed by atoms with E-state index in [1.165, 1.54) is 0 Å². The van der Waals surface area contributed by atoms with Crippen LogP contribution in [0.2, 0.25) is 0 Å².